The lowest BCUT2D eigenvalue weighted by molar-refractivity contribution is 0.112. The first-order valence-electron chi connectivity index (χ1n) is 6.89. The van der Waals surface area contributed by atoms with Crippen LogP contribution in [0.15, 0.2) is 18.2 Å². The molecule has 2 atom stereocenters. The van der Waals surface area contributed by atoms with E-state index in [0.29, 0.717) is 23.1 Å². The fraction of sp³-hybridized carbons (Fsp3) is 0.500. The van der Waals surface area contributed by atoms with Crippen molar-refractivity contribution in [3.05, 3.63) is 29.3 Å². The van der Waals surface area contributed by atoms with E-state index in [4.69, 9.17) is 0 Å². The zero-order valence-corrected chi connectivity index (χ0v) is 11.6. The Morgan fingerprint density at radius 2 is 2.11 bits per heavy atom. The summed E-state index contributed by atoms with van der Waals surface area (Å²) >= 11 is 0. The van der Waals surface area contributed by atoms with Gasteiger partial charge in [-0.3, -0.25) is 4.79 Å². The maximum absolute atomic E-state index is 10.8. The summed E-state index contributed by atoms with van der Waals surface area (Å²) in [5, 5.41) is 9.26. The summed E-state index contributed by atoms with van der Waals surface area (Å²) in [5.74, 6) is 0.649. The summed E-state index contributed by atoms with van der Waals surface area (Å²) in [6.45, 7) is 2.28. The standard InChI is InChI=1S/C16H20N2O/c1-12-5-3-4-6-15(12)18(2)16-8-7-13(11-19)9-14(16)10-17/h7-9,11-12,15H,3-6H2,1-2H3. The van der Waals surface area contributed by atoms with Gasteiger partial charge in [-0.25, -0.2) is 0 Å². The Labute approximate surface area is 114 Å². The van der Waals surface area contributed by atoms with Crippen LogP contribution in [0.4, 0.5) is 5.69 Å². The third-order valence-corrected chi connectivity index (χ3v) is 4.22. The Morgan fingerprint density at radius 3 is 2.74 bits per heavy atom. The Bertz CT molecular complexity index is 504. The van der Waals surface area contributed by atoms with Crippen molar-refractivity contribution in [2.24, 2.45) is 5.92 Å². The van der Waals surface area contributed by atoms with Gasteiger partial charge in [0.1, 0.15) is 12.4 Å². The molecule has 1 aliphatic carbocycles. The third-order valence-electron chi connectivity index (χ3n) is 4.22. The highest BCUT2D eigenvalue weighted by molar-refractivity contribution is 5.78. The molecule has 2 rings (SSSR count). The van der Waals surface area contributed by atoms with E-state index in [1.54, 1.807) is 12.1 Å². The quantitative estimate of drug-likeness (QED) is 0.779. The molecule has 2 unspecified atom stereocenters. The maximum atomic E-state index is 10.8. The van der Waals surface area contributed by atoms with Crippen LogP contribution >= 0.6 is 0 Å². The fourth-order valence-corrected chi connectivity index (χ4v) is 3.07. The van der Waals surface area contributed by atoms with Crippen molar-refractivity contribution in [2.45, 2.75) is 38.6 Å². The van der Waals surface area contributed by atoms with Crippen LogP contribution in [-0.2, 0) is 0 Å². The zero-order chi connectivity index (χ0) is 13.8. The van der Waals surface area contributed by atoms with Gasteiger partial charge < -0.3 is 4.90 Å². The predicted molar refractivity (Wildman–Crippen MR) is 76.4 cm³/mol. The molecule has 0 bridgehead atoms. The predicted octanol–water partition coefficient (Wildman–Crippen LogP) is 3.39. The maximum Gasteiger partial charge on any atom is 0.150 e. The topological polar surface area (TPSA) is 44.1 Å². The van der Waals surface area contributed by atoms with E-state index in [0.717, 1.165) is 12.0 Å². The molecular formula is C16H20N2O. The van der Waals surface area contributed by atoms with E-state index in [1.807, 2.05) is 6.07 Å². The summed E-state index contributed by atoms with van der Waals surface area (Å²) in [4.78, 5) is 13.0. The molecule has 0 aromatic heterocycles. The number of hydrogen-bond donors (Lipinski definition) is 0. The molecule has 100 valence electrons. The number of nitrogens with zero attached hydrogens (tertiary/aromatic N) is 2. The summed E-state index contributed by atoms with van der Waals surface area (Å²) in [5.41, 5.74) is 2.09. The molecule has 1 saturated carbocycles. The first kappa shape index (κ1) is 13.6. The van der Waals surface area contributed by atoms with Crippen molar-refractivity contribution in [2.75, 3.05) is 11.9 Å². The molecule has 0 radical (unpaired) electrons. The summed E-state index contributed by atoms with van der Waals surface area (Å²) < 4.78 is 0. The minimum Gasteiger partial charge on any atom is -0.370 e. The van der Waals surface area contributed by atoms with Gasteiger partial charge in [-0.05, 0) is 37.0 Å². The second-order valence-electron chi connectivity index (χ2n) is 5.45. The molecule has 0 amide bonds. The van der Waals surface area contributed by atoms with Gasteiger partial charge in [0, 0.05) is 18.7 Å². The van der Waals surface area contributed by atoms with Gasteiger partial charge in [-0.15, -0.1) is 0 Å². The van der Waals surface area contributed by atoms with Crippen LogP contribution in [0, 0.1) is 17.2 Å². The number of carbonyl (C=O) groups excluding carboxylic acids is 1. The summed E-state index contributed by atoms with van der Waals surface area (Å²) in [6.07, 6.45) is 5.78. The fourth-order valence-electron chi connectivity index (χ4n) is 3.07. The molecule has 19 heavy (non-hydrogen) atoms. The molecule has 1 aromatic carbocycles. The number of benzene rings is 1. The average Bonchev–Trinajstić information content (AvgIpc) is 2.46. The molecule has 3 nitrogen and oxygen atoms in total. The Kier molecular flexibility index (Phi) is 4.21. The van der Waals surface area contributed by atoms with E-state index in [1.165, 1.54) is 25.7 Å². The summed E-state index contributed by atoms with van der Waals surface area (Å²) in [6, 6.07) is 8.04. The van der Waals surface area contributed by atoms with E-state index >= 15 is 0 Å². The van der Waals surface area contributed by atoms with E-state index in [-0.39, 0.29) is 0 Å². The van der Waals surface area contributed by atoms with Gasteiger partial charge in [-0.2, -0.15) is 5.26 Å². The molecule has 1 fully saturated rings. The van der Waals surface area contributed by atoms with Crippen LogP contribution < -0.4 is 4.90 Å². The number of anilines is 1. The zero-order valence-electron chi connectivity index (χ0n) is 11.6. The smallest absolute Gasteiger partial charge is 0.150 e. The molecule has 0 heterocycles. The van der Waals surface area contributed by atoms with Crippen molar-refractivity contribution in [1.82, 2.24) is 0 Å². The largest absolute Gasteiger partial charge is 0.370 e. The third kappa shape index (κ3) is 2.78. The van der Waals surface area contributed by atoms with Gasteiger partial charge >= 0.3 is 0 Å². The van der Waals surface area contributed by atoms with Gasteiger partial charge in [0.15, 0.2) is 0 Å². The monoisotopic (exact) mass is 256 g/mol. The number of hydrogen-bond acceptors (Lipinski definition) is 3. The van der Waals surface area contributed by atoms with Crippen LogP contribution in [0.5, 0.6) is 0 Å². The molecule has 0 N–H and O–H groups in total. The lowest BCUT2D eigenvalue weighted by atomic mass is 9.84. The van der Waals surface area contributed by atoms with Crippen LogP contribution in [0.3, 0.4) is 0 Å². The average molecular weight is 256 g/mol. The van der Waals surface area contributed by atoms with Gasteiger partial charge in [-0.1, -0.05) is 19.8 Å². The van der Waals surface area contributed by atoms with Gasteiger partial charge in [0.2, 0.25) is 0 Å². The highest BCUT2D eigenvalue weighted by atomic mass is 16.1. The van der Waals surface area contributed by atoms with E-state index in [2.05, 4.69) is 24.9 Å². The van der Waals surface area contributed by atoms with Crippen molar-refractivity contribution in [3.63, 3.8) is 0 Å². The second-order valence-corrected chi connectivity index (χ2v) is 5.45. The lowest BCUT2D eigenvalue weighted by Crippen LogP contribution is -2.39. The Hall–Kier alpha value is -1.82. The molecular weight excluding hydrogens is 236 g/mol. The number of rotatable bonds is 3. The second kappa shape index (κ2) is 5.88. The van der Waals surface area contributed by atoms with Crippen molar-refractivity contribution < 1.29 is 4.79 Å². The number of aldehydes is 1. The van der Waals surface area contributed by atoms with Gasteiger partial charge in [0.25, 0.3) is 0 Å². The summed E-state index contributed by atoms with van der Waals surface area (Å²) in [7, 11) is 2.06. The highest BCUT2D eigenvalue weighted by Gasteiger charge is 2.26. The van der Waals surface area contributed by atoms with E-state index in [9.17, 15) is 10.1 Å². The molecule has 0 spiro atoms. The number of nitriles is 1. The SMILES string of the molecule is CC1CCCCC1N(C)c1ccc(C=O)cc1C#N. The van der Waals surface area contributed by atoms with Crippen molar-refractivity contribution in [1.29, 1.82) is 5.26 Å². The lowest BCUT2D eigenvalue weighted by Gasteiger charge is -2.38. The van der Waals surface area contributed by atoms with Crippen LogP contribution in [-0.4, -0.2) is 19.4 Å². The molecule has 3 heteroatoms. The Morgan fingerprint density at radius 1 is 1.37 bits per heavy atom. The van der Waals surface area contributed by atoms with Crippen molar-refractivity contribution >= 4 is 12.0 Å². The normalized spacial score (nSPS) is 22.6. The van der Waals surface area contributed by atoms with E-state index < -0.39 is 0 Å². The Balaban J connectivity index is 2.30. The van der Waals surface area contributed by atoms with Crippen molar-refractivity contribution in [3.8, 4) is 6.07 Å². The minimum atomic E-state index is 0.489. The van der Waals surface area contributed by atoms with Crippen LogP contribution in [0.25, 0.3) is 0 Å². The van der Waals surface area contributed by atoms with Gasteiger partial charge in [0.05, 0.1) is 11.3 Å². The molecule has 0 saturated heterocycles. The van der Waals surface area contributed by atoms with Crippen LogP contribution in [0.1, 0.15) is 48.5 Å². The molecule has 0 aliphatic heterocycles. The minimum absolute atomic E-state index is 0.489. The molecule has 1 aliphatic rings. The first-order chi connectivity index (χ1) is 9.17. The first-order valence-corrected chi connectivity index (χ1v) is 6.89. The highest BCUT2D eigenvalue weighted by Crippen LogP contribution is 2.32. The van der Waals surface area contributed by atoms with Crippen LogP contribution in [0.2, 0.25) is 0 Å². The molecule has 1 aromatic rings. The number of carbonyl (C=O) groups is 1.